The Morgan fingerprint density at radius 2 is 1.88 bits per heavy atom. The number of aromatic nitrogens is 4. The van der Waals surface area contributed by atoms with Crippen LogP contribution >= 0.6 is 23.4 Å². The Kier molecular flexibility index (Phi) is 6.67. The molecule has 2 aromatic carbocycles. The van der Waals surface area contributed by atoms with E-state index >= 15 is 0 Å². The number of halogens is 2. The van der Waals surface area contributed by atoms with E-state index in [0.29, 0.717) is 16.7 Å². The normalized spacial score (nSPS) is 10.7. The van der Waals surface area contributed by atoms with Crippen LogP contribution in [0.15, 0.2) is 72.1 Å². The molecule has 2 heterocycles. The second-order valence-corrected chi connectivity index (χ2v) is 7.92. The average molecular weight is 470 g/mol. The number of thioether (sulfide) groups is 1. The van der Waals surface area contributed by atoms with E-state index in [9.17, 15) is 9.18 Å². The SMILES string of the molecule is COc1ccc(-n2c(SCC(=O)Nc3ccc(Cl)cc3F)nnc2-c2ccncc2)cc1. The van der Waals surface area contributed by atoms with Gasteiger partial charge in [0.15, 0.2) is 11.0 Å². The number of amides is 1. The number of hydrogen-bond donors (Lipinski definition) is 1. The molecule has 32 heavy (non-hydrogen) atoms. The van der Waals surface area contributed by atoms with Crippen LogP contribution in [0, 0.1) is 5.82 Å². The quantitative estimate of drug-likeness (QED) is 0.389. The highest BCUT2D eigenvalue weighted by Gasteiger charge is 2.18. The molecule has 0 saturated carbocycles. The third-order valence-corrected chi connectivity index (χ3v) is 5.60. The van der Waals surface area contributed by atoms with E-state index in [-0.39, 0.29) is 22.4 Å². The number of pyridine rings is 1. The fourth-order valence-corrected chi connectivity index (χ4v) is 3.83. The van der Waals surface area contributed by atoms with Gasteiger partial charge in [-0.15, -0.1) is 10.2 Å². The van der Waals surface area contributed by atoms with Crippen molar-refractivity contribution in [1.82, 2.24) is 19.7 Å². The van der Waals surface area contributed by atoms with Crippen molar-refractivity contribution < 1.29 is 13.9 Å². The maximum Gasteiger partial charge on any atom is 0.234 e. The van der Waals surface area contributed by atoms with Gasteiger partial charge in [-0.05, 0) is 54.6 Å². The molecule has 0 unspecified atom stereocenters. The summed E-state index contributed by atoms with van der Waals surface area (Å²) in [7, 11) is 1.60. The van der Waals surface area contributed by atoms with Gasteiger partial charge in [0.05, 0.1) is 18.6 Å². The molecule has 1 amide bonds. The Morgan fingerprint density at radius 3 is 2.56 bits per heavy atom. The summed E-state index contributed by atoms with van der Waals surface area (Å²) in [5, 5.41) is 11.9. The average Bonchev–Trinajstić information content (AvgIpc) is 3.24. The van der Waals surface area contributed by atoms with Crippen LogP contribution in [0.3, 0.4) is 0 Å². The van der Waals surface area contributed by atoms with E-state index in [4.69, 9.17) is 16.3 Å². The number of hydrogen-bond acceptors (Lipinski definition) is 6. The number of rotatable bonds is 7. The maximum atomic E-state index is 14.0. The molecule has 0 aliphatic rings. The minimum absolute atomic E-state index is 0.00665. The molecule has 0 aliphatic heterocycles. The highest BCUT2D eigenvalue weighted by Crippen LogP contribution is 2.29. The monoisotopic (exact) mass is 469 g/mol. The molecule has 0 bridgehead atoms. The van der Waals surface area contributed by atoms with Crippen LogP contribution in [-0.4, -0.2) is 38.5 Å². The standard InChI is InChI=1S/C22H17ClFN5O2S/c1-31-17-5-3-16(4-6-17)29-21(14-8-10-25-11-9-14)27-28-22(29)32-13-20(30)26-19-7-2-15(23)12-18(19)24/h2-12H,13H2,1H3,(H,26,30). The Balaban J connectivity index is 1.59. The van der Waals surface area contributed by atoms with Crippen molar-refractivity contribution in [2.45, 2.75) is 5.16 Å². The van der Waals surface area contributed by atoms with Crippen LogP contribution in [0.25, 0.3) is 17.1 Å². The first-order chi connectivity index (χ1) is 15.5. The largest absolute Gasteiger partial charge is 0.497 e. The topological polar surface area (TPSA) is 81.9 Å². The summed E-state index contributed by atoms with van der Waals surface area (Å²) in [6, 6.07) is 15.1. The van der Waals surface area contributed by atoms with Gasteiger partial charge in [0.25, 0.3) is 0 Å². The highest BCUT2D eigenvalue weighted by molar-refractivity contribution is 7.99. The molecule has 1 N–H and O–H groups in total. The van der Waals surface area contributed by atoms with Gasteiger partial charge in [-0.3, -0.25) is 14.3 Å². The fourth-order valence-electron chi connectivity index (χ4n) is 2.92. The lowest BCUT2D eigenvalue weighted by molar-refractivity contribution is -0.113. The summed E-state index contributed by atoms with van der Waals surface area (Å²) in [6.45, 7) is 0. The minimum Gasteiger partial charge on any atom is -0.497 e. The predicted octanol–water partition coefficient (Wildman–Crippen LogP) is 4.86. The van der Waals surface area contributed by atoms with Crippen LogP contribution < -0.4 is 10.1 Å². The first-order valence-corrected chi connectivity index (χ1v) is 10.8. The lowest BCUT2D eigenvalue weighted by Crippen LogP contribution is -2.15. The first-order valence-electron chi connectivity index (χ1n) is 9.43. The third-order valence-electron chi connectivity index (χ3n) is 4.44. The van der Waals surface area contributed by atoms with Crippen LogP contribution in [0.1, 0.15) is 0 Å². The number of anilines is 1. The number of ether oxygens (including phenoxy) is 1. The number of methoxy groups -OCH3 is 1. The summed E-state index contributed by atoms with van der Waals surface area (Å²) in [4.78, 5) is 16.5. The van der Waals surface area contributed by atoms with Crippen LogP contribution in [0.5, 0.6) is 5.75 Å². The van der Waals surface area contributed by atoms with Gasteiger partial charge < -0.3 is 10.1 Å². The summed E-state index contributed by atoms with van der Waals surface area (Å²) < 4.78 is 21.0. The molecule has 0 aliphatic carbocycles. The zero-order chi connectivity index (χ0) is 22.5. The van der Waals surface area contributed by atoms with Crippen molar-refractivity contribution in [1.29, 1.82) is 0 Å². The molecule has 0 spiro atoms. The van der Waals surface area contributed by atoms with Crippen molar-refractivity contribution in [3.05, 3.63) is 77.8 Å². The number of carbonyl (C=O) groups is 1. The molecule has 0 radical (unpaired) electrons. The predicted molar refractivity (Wildman–Crippen MR) is 122 cm³/mol. The zero-order valence-electron chi connectivity index (χ0n) is 16.8. The number of nitrogens with zero attached hydrogens (tertiary/aromatic N) is 4. The lowest BCUT2D eigenvalue weighted by atomic mass is 10.2. The molecular formula is C22H17ClFN5O2S. The van der Waals surface area contributed by atoms with Gasteiger partial charge in [0, 0.05) is 28.7 Å². The molecule has 7 nitrogen and oxygen atoms in total. The van der Waals surface area contributed by atoms with E-state index < -0.39 is 5.82 Å². The van der Waals surface area contributed by atoms with Crippen molar-refractivity contribution >= 4 is 35.0 Å². The highest BCUT2D eigenvalue weighted by atomic mass is 35.5. The van der Waals surface area contributed by atoms with Crippen LogP contribution in [0.2, 0.25) is 5.02 Å². The second-order valence-electron chi connectivity index (χ2n) is 6.54. The van der Waals surface area contributed by atoms with E-state index in [0.717, 1.165) is 17.3 Å². The van der Waals surface area contributed by atoms with E-state index in [2.05, 4.69) is 20.5 Å². The summed E-state index contributed by atoms with van der Waals surface area (Å²) in [5.41, 5.74) is 1.69. The van der Waals surface area contributed by atoms with Crippen LogP contribution in [-0.2, 0) is 4.79 Å². The molecule has 0 atom stereocenters. The van der Waals surface area contributed by atoms with Gasteiger partial charge in [0.1, 0.15) is 11.6 Å². The molecule has 0 saturated heterocycles. The van der Waals surface area contributed by atoms with Gasteiger partial charge in [-0.25, -0.2) is 4.39 Å². The Morgan fingerprint density at radius 1 is 1.12 bits per heavy atom. The number of carbonyl (C=O) groups excluding carboxylic acids is 1. The second kappa shape index (κ2) is 9.80. The summed E-state index contributed by atoms with van der Waals surface area (Å²) in [5.74, 6) is 0.338. The number of benzene rings is 2. The van der Waals surface area contributed by atoms with Crippen molar-refractivity contribution in [3.8, 4) is 22.8 Å². The van der Waals surface area contributed by atoms with Crippen molar-refractivity contribution in [2.75, 3.05) is 18.2 Å². The molecule has 4 rings (SSSR count). The van der Waals surface area contributed by atoms with E-state index in [1.807, 2.05) is 41.0 Å². The van der Waals surface area contributed by atoms with Crippen molar-refractivity contribution in [3.63, 3.8) is 0 Å². The van der Waals surface area contributed by atoms with Crippen LogP contribution in [0.4, 0.5) is 10.1 Å². The van der Waals surface area contributed by atoms with Gasteiger partial charge in [0.2, 0.25) is 5.91 Å². The Bertz CT molecular complexity index is 1240. The fraction of sp³-hybridized carbons (Fsp3) is 0.0909. The number of nitrogens with one attached hydrogen (secondary N) is 1. The molecule has 0 fully saturated rings. The molecule has 162 valence electrons. The summed E-state index contributed by atoms with van der Waals surface area (Å²) in [6.07, 6.45) is 3.34. The Labute approximate surface area is 192 Å². The van der Waals surface area contributed by atoms with Gasteiger partial charge >= 0.3 is 0 Å². The first kappa shape index (κ1) is 21.8. The molecule has 10 heteroatoms. The Hall–Kier alpha value is -3.43. The minimum atomic E-state index is -0.600. The van der Waals surface area contributed by atoms with E-state index in [1.54, 1.807) is 19.5 Å². The van der Waals surface area contributed by atoms with Gasteiger partial charge in [-0.2, -0.15) is 0 Å². The van der Waals surface area contributed by atoms with Gasteiger partial charge in [-0.1, -0.05) is 23.4 Å². The molecule has 4 aromatic rings. The smallest absolute Gasteiger partial charge is 0.234 e. The van der Waals surface area contributed by atoms with E-state index in [1.165, 1.54) is 23.9 Å². The molecular weight excluding hydrogens is 453 g/mol. The van der Waals surface area contributed by atoms with Crippen molar-refractivity contribution in [2.24, 2.45) is 0 Å². The lowest BCUT2D eigenvalue weighted by Gasteiger charge is -2.11. The maximum absolute atomic E-state index is 14.0. The molecule has 2 aromatic heterocycles. The third kappa shape index (κ3) is 4.90. The summed E-state index contributed by atoms with van der Waals surface area (Å²) >= 11 is 6.94. The zero-order valence-corrected chi connectivity index (χ0v) is 18.4.